The molecule has 1 amide bonds. The highest BCUT2D eigenvalue weighted by molar-refractivity contribution is 6.33. The minimum absolute atomic E-state index is 0.0511. The molecular formula is C21H14ClFN4O3. The van der Waals surface area contributed by atoms with Crippen molar-refractivity contribution in [1.29, 1.82) is 0 Å². The lowest BCUT2D eigenvalue weighted by molar-refractivity contribution is -0.116. The van der Waals surface area contributed by atoms with Crippen LogP contribution < -0.4 is 10.9 Å². The number of anilines is 1. The number of nitrogens with zero attached hydrogens (tertiary/aromatic N) is 3. The first-order valence-electron chi connectivity index (χ1n) is 8.85. The molecule has 7 nitrogen and oxygen atoms in total. The van der Waals surface area contributed by atoms with Crippen molar-refractivity contribution in [2.45, 2.75) is 6.54 Å². The Bertz CT molecular complexity index is 1270. The molecule has 150 valence electrons. The lowest BCUT2D eigenvalue weighted by Crippen LogP contribution is -2.28. The third kappa shape index (κ3) is 4.13. The van der Waals surface area contributed by atoms with Crippen molar-refractivity contribution in [2.75, 3.05) is 5.32 Å². The van der Waals surface area contributed by atoms with Crippen molar-refractivity contribution in [3.8, 4) is 22.8 Å². The van der Waals surface area contributed by atoms with Gasteiger partial charge in [-0.25, -0.2) is 4.39 Å². The predicted octanol–water partition coefficient (Wildman–Crippen LogP) is 4.00. The quantitative estimate of drug-likeness (QED) is 0.523. The molecule has 0 radical (unpaired) electrons. The topological polar surface area (TPSA) is 90.0 Å². The number of amides is 1. The number of aromatic nitrogens is 3. The van der Waals surface area contributed by atoms with Crippen molar-refractivity contribution >= 4 is 23.2 Å². The molecule has 4 rings (SSSR count). The molecule has 0 fully saturated rings. The zero-order chi connectivity index (χ0) is 21.1. The Balaban J connectivity index is 1.55. The Morgan fingerprint density at radius 2 is 1.93 bits per heavy atom. The number of benzene rings is 2. The minimum atomic E-state index is -0.517. The lowest BCUT2D eigenvalue weighted by Gasteiger charge is -2.09. The van der Waals surface area contributed by atoms with Crippen LogP contribution in [0.3, 0.4) is 0 Å². The Morgan fingerprint density at radius 3 is 2.70 bits per heavy atom. The summed E-state index contributed by atoms with van der Waals surface area (Å²) in [6.45, 7) is -0.278. The Morgan fingerprint density at radius 1 is 1.13 bits per heavy atom. The second kappa shape index (κ2) is 8.30. The Kier molecular flexibility index (Phi) is 5.40. The third-order valence-corrected chi connectivity index (χ3v) is 4.54. The monoisotopic (exact) mass is 424 g/mol. The van der Waals surface area contributed by atoms with E-state index < -0.39 is 17.3 Å². The number of hydrogen-bond acceptors (Lipinski definition) is 5. The largest absolute Gasteiger partial charge is 0.333 e. The second-order valence-corrected chi connectivity index (χ2v) is 6.72. The zero-order valence-corrected chi connectivity index (χ0v) is 16.1. The van der Waals surface area contributed by atoms with Gasteiger partial charge in [-0.2, -0.15) is 4.98 Å². The van der Waals surface area contributed by atoms with E-state index in [1.54, 1.807) is 6.07 Å². The van der Waals surface area contributed by atoms with Crippen LogP contribution in [-0.4, -0.2) is 20.6 Å². The highest BCUT2D eigenvalue weighted by Crippen LogP contribution is 2.22. The van der Waals surface area contributed by atoms with Crippen LogP contribution in [0.4, 0.5) is 10.1 Å². The fraction of sp³-hybridized carbons (Fsp3) is 0.0476. The summed E-state index contributed by atoms with van der Waals surface area (Å²) >= 11 is 5.92. The predicted molar refractivity (Wildman–Crippen MR) is 109 cm³/mol. The molecule has 1 N–H and O–H groups in total. The summed E-state index contributed by atoms with van der Waals surface area (Å²) in [5.41, 5.74) is 0.692. The van der Waals surface area contributed by atoms with E-state index in [2.05, 4.69) is 15.5 Å². The van der Waals surface area contributed by atoms with E-state index in [0.717, 1.165) is 11.6 Å². The molecule has 2 heterocycles. The first kappa shape index (κ1) is 19.5. The molecule has 30 heavy (non-hydrogen) atoms. The van der Waals surface area contributed by atoms with E-state index in [4.69, 9.17) is 16.1 Å². The fourth-order valence-corrected chi connectivity index (χ4v) is 3.01. The first-order valence-corrected chi connectivity index (χ1v) is 9.23. The molecule has 0 unspecified atom stereocenters. The Hall–Kier alpha value is -3.78. The van der Waals surface area contributed by atoms with E-state index in [1.807, 2.05) is 30.3 Å². The van der Waals surface area contributed by atoms with Gasteiger partial charge in [0, 0.05) is 11.8 Å². The van der Waals surface area contributed by atoms with E-state index in [9.17, 15) is 14.0 Å². The SMILES string of the molecule is O=C(Cn1cccc(-c2nc(-c3ccccc3)no2)c1=O)Nc1ccc(F)cc1Cl. The van der Waals surface area contributed by atoms with Crippen LogP contribution in [0.5, 0.6) is 0 Å². The van der Waals surface area contributed by atoms with E-state index in [-0.39, 0.29) is 28.7 Å². The highest BCUT2D eigenvalue weighted by atomic mass is 35.5. The molecule has 2 aromatic carbocycles. The second-order valence-electron chi connectivity index (χ2n) is 6.32. The number of carbonyl (C=O) groups is 1. The summed E-state index contributed by atoms with van der Waals surface area (Å²) in [6.07, 6.45) is 1.46. The third-order valence-electron chi connectivity index (χ3n) is 4.23. The molecule has 9 heteroatoms. The van der Waals surface area contributed by atoms with E-state index in [0.29, 0.717) is 5.82 Å². The summed E-state index contributed by atoms with van der Waals surface area (Å²) in [5.74, 6) is -0.617. The molecule has 0 saturated heterocycles. The van der Waals surface area contributed by atoms with Crippen LogP contribution in [0.15, 0.2) is 76.2 Å². The van der Waals surface area contributed by atoms with Gasteiger partial charge in [0.2, 0.25) is 11.7 Å². The molecular weight excluding hydrogens is 411 g/mol. The van der Waals surface area contributed by atoms with Gasteiger partial charge in [-0.15, -0.1) is 0 Å². The van der Waals surface area contributed by atoms with E-state index >= 15 is 0 Å². The van der Waals surface area contributed by atoms with Gasteiger partial charge in [0.25, 0.3) is 11.4 Å². The van der Waals surface area contributed by atoms with Gasteiger partial charge in [0.15, 0.2) is 0 Å². The number of nitrogens with one attached hydrogen (secondary N) is 1. The van der Waals surface area contributed by atoms with Gasteiger partial charge in [-0.05, 0) is 30.3 Å². The van der Waals surface area contributed by atoms with Gasteiger partial charge in [-0.3, -0.25) is 9.59 Å². The van der Waals surface area contributed by atoms with Crippen molar-refractivity contribution in [2.24, 2.45) is 0 Å². The molecule has 0 aliphatic rings. The van der Waals surface area contributed by atoms with Crippen molar-refractivity contribution < 1.29 is 13.7 Å². The van der Waals surface area contributed by atoms with Gasteiger partial charge >= 0.3 is 0 Å². The molecule has 0 aliphatic heterocycles. The van der Waals surface area contributed by atoms with Crippen molar-refractivity contribution in [3.63, 3.8) is 0 Å². The van der Waals surface area contributed by atoms with Crippen LogP contribution in [0, 0.1) is 5.82 Å². The smallest absolute Gasteiger partial charge is 0.263 e. The molecule has 0 saturated carbocycles. The van der Waals surface area contributed by atoms with Crippen LogP contribution in [0.25, 0.3) is 22.8 Å². The molecule has 2 aromatic heterocycles. The summed E-state index contributed by atoms with van der Waals surface area (Å²) in [4.78, 5) is 29.4. The van der Waals surface area contributed by atoms with Crippen LogP contribution >= 0.6 is 11.6 Å². The van der Waals surface area contributed by atoms with Gasteiger partial charge in [-0.1, -0.05) is 47.1 Å². The van der Waals surface area contributed by atoms with Crippen LogP contribution in [0.2, 0.25) is 5.02 Å². The van der Waals surface area contributed by atoms with Crippen LogP contribution in [0.1, 0.15) is 0 Å². The van der Waals surface area contributed by atoms with Gasteiger partial charge in [0.05, 0.1) is 10.7 Å². The summed E-state index contributed by atoms with van der Waals surface area (Å²) in [5, 5.41) is 6.52. The summed E-state index contributed by atoms with van der Waals surface area (Å²) < 4.78 is 19.6. The van der Waals surface area contributed by atoms with Crippen molar-refractivity contribution in [3.05, 3.63) is 88.1 Å². The maximum atomic E-state index is 13.1. The number of rotatable bonds is 5. The van der Waals surface area contributed by atoms with Gasteiger partial charge in [0.1, 0.15) is 17.9 Å². The molecule has 0 atom stereocenters. The highest BCUT2D eigenvalue weighted by Gasteiger charge is 2.16. The number of pyridine rings is 1. The Labute approximate surface area is 174 Å². The number of halogens is 2. The molecule has 0 bridgehead atoms. The maximum absolute atomic E-state index is 13.1. The zero-order valence-electron chi connectivity index (χ0n) is 15.4. The molecule has 4 aromatic rings. The molecule has 0 spiro atoms. The first-order chi connectivity index (χ1) is 14.5. The van der Waals surface area contributed by atoms with Gasteiger partial charge < -0.3 is 14.4 Å². The van der Waals surface area contributed by atoms with E-state index in [1.165, 1.54) is 29.0 Å². The average Bonchev–Trinajstić information content (AvgIpc) is 3.22. The summed E-state index contributed by atoms with van der Waals surface area (Å²) in [6, 6.07) is 15.9. The van der Waals surface area contributed by atoms with Crippen LogP contribution in [-0.2, 0) is 11.3 Å². The molecule has 0 aliphatic carbocycles. The fourth-order valence-electron chi connectivity index (χ4n) is 2.80. The number of hydrogen-bond donors (Lipinski definition) is 1. The average molecular weight is 425 g/mol. The maximum Gasteiger partial charge on any atom is 0.263 e. The normalized spacial score (nSPS) is 10.7. The van der Waals surface area contributed by atoms with Crippen molar-refractivity contribution in [1.82, 2.24) is 14.7 Å². The minimum Gasteiger partial charge on any atom is -0.333 e. The summed E-state index contributed by atoms with van der Waals surface area (Å²) in [7, 11) is 0. The standard InChI is InChI=1S/C21H14ClFN4O3/c22-16-11-14(23)8-9-17(16)24-18(28)12-27-10-4-7-15(21(27)29)20-25-19(26-30-20)13-5-2-1-3-6-13/h1-11H,12H2,(H,24,28). The lowest BCUT2D eigenvalue weighted by atomic mass is 10.2. The number of carbonyl (C=O) groups excluding carboxylic acids is 1.